The largest absolute Gasteiger partial charge is 0.370 e. The first-order valence-corrected chi connectivity index (χ1v) is 27.9. The third-order valence-electron chi connectivity index (χ3n) is 18.4. The number of anilines is 4. The number of nitrogens with zero attached hydrogens (tertiary/aromatic N) is 10. The van der Waals surface area contributed by atoms with Crippen LogP contribution in [0.4, 0.5) is 27.3 Å². The lowest BCUT2D eigenvalue weighted by Crippen LogP contribution is -2.59. The zero-order valence-electron chi connectivity index (χ0n) is 44.0. The van der Waals surface area contributed by atoms with Crippen molar-refractivity contribution >= 4 is 63.4 Å². The van der Waals surface area contributed by atoms with E-state index in [2.05, 4.69) is 74.3 Å². The first kappa shape index (κ1) is 50.0. The van der Waals surface area contributed by atoms with Gasteiger partial charge in [0.15, 0.2) is 11.6 Å². The fraction of sp³-hybridized carbons (Fsp3) is 0.534. The maximum absolute atomic E-state index is 15.3. The molecule has 5 saturated heterocycles. The van der Waals surface area contributed by atoms with E-state index in [1.165, 1.54) is 25.5 Å². The van der Waals surface area contributed by atoms with Gasteiger partial charge < -0.3 is 34.4 Å². The van der Waals surface area contributed by atoms with Crippen molar-refractivity contribution in [1.82, 2.24) is 44.5 Å². The van der Waals surface area contributed by atoms with Gasteiger partial charge >= 0.3 is 0 Å². The van der Waals surface area contributed by atoms with Crippen LogP contribution in [0.15, 0.2) is 67.4 Å². The van der Waals surface area contributed by atoms with Gasteiger partial charge in [-0.2, -0.15) is 0 Å². The molecule has 0 radical (unpaired) electrons. The predicted molar refractivity (Wildman–Crippen MR) is 286 cm³/mol. The predicted octanol–water partition coefficient (Wildman–Crippen LogP) is 7.64. The molecule has 6 aliphatic heterocycles. The van der Waals surface area contributed by atoms with Crippen molar-refractivity contribution in [2.75, 3.05) is 67.5 Å². The number of carbonyl (C=O) groups excluding carboxylic acids is 5. The Hall–Kier alpha value is -6.82. The molecule has 18 heteroatoms. The quantitative estimate of drug-likeness (QED) is 0.131. The van der Waals surface area contributed by atoms with E-state index in [0.717, 1.165) is 85.4 Å². The molecule has 17 nitrogen and oxygen atoms in total. The van der Waals surface area contributed by atoms with Crippen LogP contribution in [0.2, 0.25) is 0 Å². The standard InChI is InChI=1S/C58H69FN12O5/c1-36(2)70-35-62-48-32-47(64-52(51(48)70)63-46-13-20-60-34-44(46)59)38-7-10-43-49(29-38)71(41-30-40(31-41)66-21-5-4-6-22-66)56(76)58(43)18-27-69(28-19-58)55(75)57(3)16-25-68(26-17-57)54(74)37-14-23-67(24-15-37)39-8-11-45(61-33-39)42-9-12-50(72)65-53(42)73/h7-8,10-11,13,20,29,32-37,40-42H,4-6,9,12,14-19,21-28,30-31H2,1-3H3,(H,60,63,64)(H,65,72,73)/t40-,41+,42?. The summed E-state index contributed by atoms with van der Waals surface area (Å²) in [6.07, 6.45) is 16.3. The molecule has 0 bridgehead atoms. The highest BCUT2D eigenvalue weighted by atomic mass is 19.1. The molecule has 5 aromatic rings. The van der Waals surface area contributed by atoms with E-state index < -0.39 is 22.6 Å². The van der Waals surface area contributed by atoms with E-state index in [0.29, 0.717) is 88.0 Å². The van der Waals surface area contributed by atoms with Crippen molar-refractivity contribution < 1.29 is 28.4 Å². The topological polar surface area (TPSA) is 182 Å². The van der Waals surface area contributed by atoms with Gasteiger partial charge in [-0.3, -0.25) is 39.3 Å². The monoisotopic (exact) mass is 1030 g/mol. The molecule has 7 aliphatic rings. The molecule has 398 valence electrons. The molecular formula is C58H69FN12O5. The molecule has 4 aromatic heterocycles. The minimum absolute atomic E-state index is 0.0686. The number of amides is 5. The second-order valence-corrected chi connectivity index (χ2v) is 23.2. The van der Waals surface area contributed by atoms with Crippen LogP contribution in [-0.4, -0.2) is 133 Å². The first-order chi connectivity index (χ1) is 36.8. The van der Waals surface area contributed by atoms with Crippen molar-refractivity contribution in [3.8, 4) is 11.3 Å². The van der Waals surface area contributed by atoms with Crippen molar-refractivity contribution in [3.63, 3.8) is 0 Å². The smallest absolute Gasteiger partial charge is 0.238 e. The van der Waals surface area contributed by atoms with Crippen molar-refractivity contribution in [3.05, 3.63) is 84.5 Å². The molecule has 2 N–H and O–H groups in total. The number of carbonyl (C=O) groups is 5. The van der Waals surface area contributed by atoms with Gasteiger partial charge in [-0.25, -0.2) is 14.4 Å². The third-order valence-corrected chi connectivity index (χ3v) is 18.4. The number of nitrogens with one attached hydrogen (secondary N) is 2. The fourth-order valence-electron chi connectivity index (χ4n) is 13.6. The van der Waals surface area contributed by atoms with Crippen LogP contribution < -0.4 is 20.4 Å². The Labute approximate surface area is 443 Å². The summed E-state index contributed by atoms with van der Waals surface area (Å²) in [7, 11) is 0. The number of imidazole rings is 1. The van der Waals surface area contributed by atoms with Gasteiger partial charge in [-0.1, -0.05) is 25.5 Å². The minimum atomic E-state index is -0.762. The number of likely N-dealkylation sites (tertiary alicyclic amines) is 3. The number of hydrogen-bond acceptors (Lipinski definition) is 12. The summed E-state index contributed by atoms with van der Waals surface area (Å²) in [5.41, 5.74) is 5.41. The maximum atomic E-state index is 15.3. The van der Waals surface area contributed by atoms with Gasteiger partial charge in [-0.15, -0.1) is 0 Å². The molecule has 1 spiro atoms. The van der Waals surface area contributed by atoms with Crippen molar-refractivity contribution in [2.45, 2.75) is 134 Å². The molecule has 1 aliphatic carbocycles. The third kappa shape index (κ3) is 8.96. The van der Waals surface area contributed by atoms with E-state index in [-0.39, 0.29) is 53.2 Å². The summed E-state index contributed by atoms with van der Waals surface area (Å²) < 4.78 is 17.1. The number of rotatable bonds is 10. The molecule has 1 unspecified atom stereocenters. The Morgan fingerprint density at radius 3 is 2.26 bits per heavy atom. The van der Waals surface area contributed by atoms with Gasteiger partial charge in [-0.05, 0) is 133 Å². The Bertz CT molecular complexity index is 3070. The van der Waals surface area contributed by atoms with Crippen LogP contribution in [0.25, 0.3) is 22.3 Å². The van der Waals surface area contributed by atoms with Gasteiger partial charge in [0.05, 0.1) is 58.3 Å². The number of benzene rings is 1. The van der Waals surface area contributed by atoms with E-state index in [4.69, 9.17) is 9.97 Å². The summed E-state index contributed by atoms with van der Waals surface area (Å²) in [4.78, 5) is 97.3. The Kier molecular flexibility index (Phi) is 13.1. The maximum Gasteiger partial charge on any atom is 0.238 e. The van der Waals surface area contributed by atoms with Gasteiger partial charge in [0, 0.05) is 92.6 Å². The molecule has 12 rings (SSSR count). The van der Waals surface area contributed by atoms with Gasteiger partial charge in [0.2, 0.25) is 29.5 Å². The van der Waals surface area contributed by atoms with Crippen LogP contribution in [-0.2, 0) is 29.4 Å². The van der Waals surface area contributed by atoms with Gasteiger partial charge in [0.25, 0.3) is 0 Å². The highest BCUT2D eigenvalue weighted by Gasteiger charge is 2.56. The molecule has 76 heavy (non-hydrogen) atoms. The average molecular weight is 1030 g/mol. The average Bonchev–Trinajstić information content (AvgIpc) is 4.18. The molecule has 6 fully saturated rings. The lowest BCUT2D eigenvalue weighted by molar-refractivity contribution is -0.150. The summed E-state index contributed by atoms with van der Waals surface area (Å²) >= 11 is 0. The number of aromatic nitrogens is 5. The summed E-state index contributed by atoms with van der Waals surface area (Å²) in [6.45, 7) is 11.9. The molecule has 1 aromatic carbocycles. The molecular weight excluding hydrogens is 964 g/mol. The van der Waals surface area contributed by atoms with Gasteiger partial charge in [0.1, 0.15) is 5.52 Å². The molecule has 5 amide bonds. The lowest BCUT2D eigenvalue weighted by atomic mass is 9.72. The number of imide groups is 1. The Morgan fingerprint density at radius 1 is 0.816 bits per heavy atom. The molecule has 1 atom stereocenters. The first-order valence-electron chi connectivity index (χ1n) is 27.9. The van der Waals surface area contributed by atoms with Crippen molar-refractivity contribution in [1.29, 1.82) is 0 Å². The van der Waals surface area contributed by atoms with Crippen LogP contribution in [0, 0.1) is 17.2 Å². The highest BCUT2D eigenvalue weighted by molar-refractivity contribution is 6.10. The fourth-order valence-corrected chi connectivity index (χ4v) is 13.6. The number of pyridine rings is 3. The van der Waals surface area contributed by atoms with Crippen LogP contribution in [0.3, 0.4) is 0 Å². The summed E-state index contributed by atoms with van der Waals surface area (Å²) in [5, 5.41) is 5.66. The summed E-state index contributed by atoms with van der Waals surface area (Å²) in [6, 6.07) is 14.3. The lowest BCUT2D eigenvalue weighted by Gasteiger charge is -2.48. The SMILES string of the molecule is CC(C)n1cnc2cc(-c3ccc4c(c3)N([C@H]3C[C@@H](N5CCCCC5)C3)C(=O)C43CCN(C(=O)C4(C)CCN(C(=O)C5CCN(c6ccc(C7CCC(=O)NC7=O)nc6)CC5)CC4)CC3)nc(Nc3ccncc3F)c21. The van der Waals surface area contributed by atoms with E-state index in [1.807, 2.05) is 32.6 Å². The molecule has 1 saturated carbocycles. The second-order valence-electron chi connectivity index (χ2n) is 23.2. The highest BCUT2D eigenvalue weighted by Crippen LogP contribution is 2.53. The Morgan fingerprint density at radius 2 is 1.57 bits per heavy atom. The second kappa shape index (κ2) is 20.0. The van der Waals surface area contributed by atoms with E-state index >= 15 is 9.18 Å². The van der Waals surface area contributed by atoms with Crippen LogP contribution in [0.1, 0.15) is 127 Å². The normalized spacial score (nSPS) is 24.0. The van der Waals surface area contributed by atoms with Crippen LogP contribution >= 0.6 is 0 Å². The van der Waals surface area contributed by atoms with E-state index in [1.54, 1.807) is 24.8 Å². The number of hydrogen-bond donors (Lipinski definition) is 2. The molecule has 10 heterocycles. The van der Waals surface area contributed by atoms with Crippen LogP contribution in [0.5, 0.6) is 0 Å². The number of piperidine rings is 5. The zero-order chi connectivity index (χ0) is 52.5. The van der Waals surface area contributed by atoms with Crippen molar-refractivity contribution in [2.24, 2.45) is 11.3 Å². The number of fused-ring (bicyclic) bond motifs is 3. The minimum Gasteiger partial charge on any atom is -0.370 e. The summed E-state index contributed by atoms with van der Waals surface area (Å²) in [5.74, 6) is -0.667. The number of halogens is 1. The Balaban J connectivity index is 0.722. The van der Waals surface area contributed by atoms with E-state index in [9.17, 15) is 19.2 Å². The zero-order valence-corrected chi connectivity index (χ0v) is 44.0.